The van der Waals surface area contributed by atoms with Crippen LogP contribution in [0, 0.1) is 23.1 Å². The Hall–Kier alpha value is -2.49. The van der Waals surface area contributed by atoms with Crippen molar-refractivity contribution in [3.05, 3.63) is 74.9 Å². The fourth-order valence-corrected chi connectivity index (χ4v) is 3.84. The van der Waals surface area contributed by atoms with Crippen molar-refractivity contribution < 1.29 is 4.39 Å². The molecule has 0 bridgehead atoms. The van der Waals surface area contributed by atoms with Crippen molar-refractivity contribution in [1.29, 1.82) is 5.26 Å². The third-order valence-electron chi connectivity index (χ3n) is 4.05. The minimum atomic E-state index is -0.399. The normalized spacial score (nSPS) is 11.5. The Kier molecular flexibility index (Phi) is 6.61. The zero-order chi connectivity index (χ0) is 20.1. The van der Waals surface area contributed by atoms with E-state index in [4.69, 9.17) is 0 Å². The summed E-state index contributed by atoms with van der Waals surface area (Å²) in [5.74, 6) is 0.215. The number of aromatic nitrogens is 1. The van der Waals surface area contributed by atoms with E-state index in [1.165, 1.54) is 29.2 Å². The second kappa shape index (κ2) is 9.13. The number of hydrogen-bond acceptors (Lipinski definition) is 4. The van der Waals surface area contributed by atoms with Gasteiger partial charge in [0.1, 0.15) is 22.5 Å². The number of nitriles is 1. The van der Waals surface area contributed by atoms with Crippen LogP contribution < -0.4 is 5.32 Å². The van der Waals surface area contributed by atoms with E-state index in [1.54, 1.807) is 12.1 Å². The van der Waals surface area contributed by atoms with Gasteiger partial charge in [-0.25, -0.2) is 9.37 Å². The minimum absolute atomic E-state index is 0.300. The second-order valence-corrected chi connectivity index (χ2v) is 8.54. The van der Waals surface area contributed by atoms with E-state index in [-0.39, 0.29) is 0 Å². The molecule has 142 valence electrons. The highest BCUT2D eigenvalue weighted by Gasteiger charge is 2.10. The van der Waals surface area contributed by atoms with E-state index in [0.717, 1.165) is 17.7 Å². The molecule has 0 spiro atoms. The molecule has 0 unspecified atom stereocenters. The van der Waals surface area contributed by atoms with E-state index in [1.807, 2.05) is 5.38 Å². The number of halogens is 2. The van der Waals surface area contributed by atoms with Crippen LogP contribution in [0.3, 0.4) is 0 Å². The number of thiazole rings is 1. The zero-order valence-corrected chi connectivity index (χ0v) is 17.9. The summed E-state index contributed by atoms with van der Waals surface area (Å²) in [7, 11) is 0. The molecule has 1 N–H and O–H groups in total. The molecule has 0 fully saturated rings. The third kappa shape index (κ3) is 5.06. The number of benzene rings is 2. The maximum absolute atomic E-state index is 13.9. The Morgan fingerprint density at radius 3 is 2.68 bits per heavy atom. The molecule has 0 amide bonds. The number of anilines is 1. The Morgan fingerprint density at radius 2 is 2.04 bits per heavy atom. The van der Waals surface area contributed by atoms with E-state index in [0.29, 0.717) is 26.7 Å². The first-order valence-corrected chi connectivity index (χ1v) is 10.5. The quantitative estimate of drug-likeness (QED) is 0.411. The lowest BCUT2D eigenvalue weighted by Crippen LogP contribution is -1.94. The Balaban J connectivity index is 1.78. The van der Waals surface area contributed by atoms with Gasteiger partial charge in [0.2, 0.25) is 0 Å². The zero-order valence-electron chi connectivity index (χ0n) is 15.5. The molecule has 6 heteroatoms. The lowest BCUT2D eigenvalue weighted by Gasteiger charge is -2.05. The second-order valence-electron chi connectivity index (χ2n) is 6.77. The van der Waals surface area contributed by atoms with Crippen LogP contribution in [0.15, 0.2) is 58.5 Å². The SMILES string of the molecule is CC(C)Cc1ccc(-c2csc(/C(C#N)=C/Nc3ccc(Br)cc3F)n2)cc1. The molecule has 0 saturated heterocycles. The van der Waals surface area contributed by atoms with Crippen LogP contribution in [-0.2, 0) is 6.42 Å². The molecule has 0 aliphatic rings. The minimum Gasteiger partial charge on any atom is -0.358 e. The highest BCUT2D eigenvalue weighted by atomic mass is 79.9. The van der Waals surface area contributed by atoms with Crippen LogP contribution in [0.25, 0.3) is 16.8 Å². The van der Waals surface area contributed by atoms with Crippen LogP contribution in [0.5, 0.6) is 0 Å². The molecule has 2 aromatic carbocycles. The average molecular weight is 456 g/mol. The maximum atomic E-state index is 13.9. The Labute approximate surface area is 176 Å². The van der Waals surface area contributed by atoms with Gasteiger partial charge >= 0.3 is 0 Å². The summed E-state index contributed by atoms with van der Waals surface area (Å²) in [6.07, 6.45) is 2.53. The van der Waals surface area contributed by atoms with E-state index in [2.05, 4.69) is 70.4 Å². The topological polar surface area (TPSA) is 48.7 Å². The molecule has 1 heterocycles. The Bertz CT molecular complexity index is 1030. The van der Waals surface area contributed by atoms with E-state index in [9.17, 15) is 9.65 Å². The number of nitrogens with one attached hydrogen (secondary N) is 1. The number of allylic oxidation sites excluding steroid dienone is 1. The van der Waals surface area contributed by atoms with Gasteiger partial charge in [-0.15, -0.1) is 11.3 Å². The largest absolute Gasteiger partial charge is 0.358 e. The molecule has 0 aliphatic carbocycles. The lowest BCUT2D eigenvalue weighted by atomic mass is 10.0. The van der Waals surface area contributed by atoms with E-state index < -0.39 is 5.82 Å². The van der Waals surface area contributed by atoms with Crippen LogP contribution in [0.1, 0.15) is 24.4 Å². The molecule has 0 radical (unpaired) electrons. The van der Waals surface area contributed by atoms with E-state index >= 15 is 0 Å². The highest BCUT2D eigenvalue weighted by Crippen LogP contribution is 2.27. The van der Waals surface area contributed by atoms with Gasteiger partial charge < -0.3 is 5.32 Å². The third-order valence-corrected chi connectivity index (χ3v) is 5.42. The summed E-state index contributed by atoms with van der Waals surface area (Å²) in [6.45, 7) is 4.40. The Morgan fingerprint density at radius 1 is 1.29 bits per heavy atom. The molecular weight excluding hydrogens is 437 g/mol. The number of nitrogens with zero attached hydrogens (tertiary/aromatic N) is 2. The molecule has 28 heavy (non-hydrogen) atoms. The number of rotatable bonds is 6. The number of hydrogen-bond donors (Lipinski definition) is 1. The van der Waals surface area contributed by atoms with Gasteiger partial charge in [0.25, 0.3) is 0 Å². The summed E-state index contributed by atoms with van der Waals surface area (Å²) in [4.78, 5) is 4.58. The van der Waals surface area contributed by atoms with Crippen LogP contribution in [0.4, 0.5) is 10.1 Å². The van der Waals surface area contributed by atoms with Crippen molar-refractivity contribution in [2.45, 2.75) is 20.3 Å². The lowest BCUT2D eigenvalue weighted by molar-refractivity contribution is 0.631. The van der Waals surface area contributed by atoms with Gasteiger partial charge in [-0.05, 0) is 36.1 Å². The van der Waals surface area contributed by atoms with Gasteiger partial charge in [0.15, 0.2) is 0 Å². The highest BCUT2D eigenvalue weighted by molar-refractivity contribution is 9.10. The summed E-state index contributed by atoms with van der Waals surface area (Å²) in [5, 5.41) is 14.8. The smallest absolute Gasteiger partial charge is 0.147 e. The first kappa shape index (κ1) is 20.2. The first-order valence-electron chi connectivity index (χ1n) is 8.83. The predicted octanol–water partition coefficient (Wildman–Crippen LogP) is 6.89. The molecular formula is C22H19BrFN3S. The molecule has 0 atom stereocenters. The summed E-state index contributed by atoms with van der Waals surface area (Å²) < 4.78 is 14.6. The van der Waals surface area contributed by atoms with Crippen LogP contribution in [0.2, 0.25) is 0 Å². The summed E-state index contributed by atoms with van der Waals surface area (Å²) in [6, 6.07) is 15.2. The van der Waals surface area contributed by atoms with Crippen molar-refractivity contribution in [1.82, 2.24) is 4.98 Å². The molecule has 3 nitrogen and oxygen atoms in total. The van der Waals surface area contributed by atoms with Crippen LogP contribution in [-0.4, -0.2) is 4.98 Å². The van der Waals surface area contributed by atoms with Crippen molar-refractivity contribution in [2.75, 3.05) is 5.32 Å². The predicted molar refractivity (Wildman–Crippen MR) is 117 cm³/mol. The van der Waals surface area contributed by atoms with Gasteiger partial charge in [0.05, 0.1) is 11.4 Å². The van der Waals surface area contributed by atoms with Crippen molar-refractivity contribution in [3.63, 3.8) is 0 Å². The van der Waals surface area contributed by atoms with Crippen molar-refractivity contribution >= 4 is 38.5 Å². The van der Waals surface area contributed by atoms with Gasteiger partial charge in [-0.2, -0.15) is 5.26 Å². The van der Waals surface area contributed by atoms with Gasteiger partial charge in [0, 0.05) is 21.6 Å². The van der Waals surface area contributed by atoms with Gasteiger partial charge in [-0.3, -0.25) is 0 Å². The summed E-state index contributed by atoms with van der Waals surface area (Å²) in [5.41, 5.74) is 3.79. The standard InChI is InChI=1S/C22H19BrFN3S/c1-14(2)9-15-3-5-16(6-4-15)21-13-28-22(27-21)17(11-25)12-26-20-8-7-18(23)10-19(20)24/h3-8,10,12-14,26H,9H2,1-2H3/b17-12+. The fourth-order valence-electron chi connectivity index (χ4n) is 2.71. The monoisotopic (exact) mass is 455 g/mol. The molecule has 1 aromatic heterocycles. The average Bonchev–Trinajstić information content (AvgIpc) is 3.14. The van der Waals surface area contributed by atoms with Crippen LogP contribution >= 0.6 is 27.3 Å². The van der Waals surface area contributed by atoms with Crippen molar-refractivity contribution in [2.24, 2.45) is 5.92 Å². The molecule has 0 saturated carbocycles. The fraction of sp³-hybridized carbons (Fsp3) is 0.182. The van der Waals surface area contributed by atoms with Crippen molar-refractivity contribution in [3.8, 4) is 17.3 Å². The first-order chi connectivity index (χ1) is 13.5. The molecule has 3 rings (SSSR count). The molecule has 3 aromatic rings. The van der Waals surface area contributed by atoms with Gasteiger partial charge in [-0.1, -0.05) is 54.0 Å². The maximum Gasteiger partial charge on any atom is 0.147 e. The summed E-state index contributed by atoms with van der Waals surface area (Å²) >= 11 is 4.61. The molecule has 0 aliphatic heterocycles.